The van der Waals surface area contributed by atoms with E-state index in [4.69, 9.17) is 4.74 Å². The predicted octanol–water partition coefficient (Wildman–Crippen LogP) is 1.56. The summed E-state index contributed by atoms with van der Waals surface area (Å²) >= 11 is 0. The Balaban J connectivity index is 1.64. The maximum atomic E-state index is 5.22. The van der Waals surface area contributed by atoms with Gasteiger partial charge in [0.15, 0.2) is 5.96 Å². The number of aliphatic imine (C=N–C) groups is 1. The van der Waals surface area contributed by atoms with Crippen LogP contribution in [0.4, 0.5) is 5.69 Å². The molecule has 1 aromatic carbocycles. The van der Waals surface area contributed by atoms with Crippen LogP contribution in [-0.4, -0.2) is 70.8 Å². The molecule has 1 aliphatic heterocycles. The molecule has 1 aliphatic rings. The zero-order valence-corrected chi connectivity index (χ0v) is 15.5. The van der Waals surface area contributed by atoms with Crippen molar-refractivity contribution in [3.05, 3.63) is 36.9 Å². The summed E-state index contributed by atoms with van der Waals surface area (Å²) in [6, 6.07) is 8.34. The molecule has 0 bridgehead atoms. The summed E-state index contributed by atoms with van der Waals surface area (Å²) in [7, 11) is 3.49. The summed E-state index contributed by atoms with van der Waals surface area (Å²) in [5.41, 5.74) is 1.28. The number of anilines is 1. The van der Waals surface area contributed by atoms with Crippen molar-refractivity contribution in [2.24, 2.45) is 4.99 Å². The van der Waals surface area contributed by atoms with E-state index in [1.54, 1.807) is 14.2 Å². The highest BCUT2D eigenvalue weighted by molar-refractivity contribution is 5.79. The first-order valence-corrected chi connectivity index (χ1v) is 8.93. The molecule has 0 saturated carbocycles. The lowest BCUT2D eigenvalue weighted by molar-refractivity contribution is 0.255. The monoisotopic (exact) mass is 345 g/mol. The molecular weight excluding hydrogens is 314 g/mol. The van der Waals surface area contributed by atoms with Gasteiger partial charge in [-0.15, -0.1) is 6.58 Å². The molecule has 6 nitrogen and oxygen atoms in total. The van der Waals surface area contributed by atoms with Gasteiger partial charge in [-0.3, -0.25) is 9.89 Å². The Labute approximate surface area is 151 Å². The molecule has 0 aromatic heterocycles. The summed E-state index contributed by atoms with van der Waals surface area (Å²) in [4.78, 5) is 9.15. The number of piperazine rings is 1. The van der Waals surface area contributed by atoms with Crippen LogP contribution in [0.3, 0.4) is 0 Å². The van der Waals surface area contributed by atoms with Gasteiger partial charge in [-0.1, -0.05) is 6.08 Å². The minimum atomic E-state index is 0.729. The minimum absolute atomic E-state index is 0.729. The van der Waals surface area contributed by atoms with Crippen LogP contribution in [0.25, 0.3) is 0 Å². The largest absolute Gasteiger partial charge is 0.497 e. The van der Waals surface area contributed by atoms with Gasteiger partial charge in [0.1, 0.15) is 5.75 Å². The number of methoxy groups -OCH3 is 1. The molecule has 0 unspecified atom stereocenters. The lowest BCUT2D eigenvalue weighted by atomic mass is 10.2. The molecule has 0 radical (unpaired) electrons. The van der Waals surface area contributed by atoms with Crippen molar-refractivity contribution in [2.45, 2.75) is 6.42 Å². The molecule has 2 N–H and O–H groups in total. The second-order valence-electron chi connectivity index (χ2n) is 6.05. The number of nitrogens with one attached hydrogen (secondary N) is 2. The van der Waals surface area contributed by atoms with E-state index in [1.165, 1.54) is 5.69 Å². The van der Waals surface area contributed by atoms with Gasteiger partial charge >= 0.3 is 0 Å². The van der Waals surface area contributed by atoms with E-state index >= 15 is 0 Å². The fourth-order valence-electron chi connectivity index (χ4n) is 2.92. The molecule has 0 aliphatic carbocycles. The fourth-order valence-corrected chi connectivity index (χ4v) is 2.92. The lowest BCUT2D eigenvalue weighted by Gasteiger charge is -2.36. The van der Waals surface area contributed by atoms with Gasteiger partial charge in [-0.05, 0) is 37.2 Å². The molecule has 1 saturated heterocycles. The molecule has 25 heavy (non-hydrogen) atoms. The quantitative estimate of drug-likeness (QED) is 0.324. The molecule has 6 heteroatoms. The van der Waals surface area contributed by atoms with Crippen LogP contribution in [0.15, 0.2) is 41.9 Å². The smallest absolute Gasteiger partial charge is 0.191 e. The molecule has 0 atom stereocenters. The molecule has 138 valence electrons. The number of nitrogens with zero attached hydrogens (tertiary/aromatic N) is 3. The molecule has 2 rings (SSSR count). The molecule has 1 fully saturated rings. The van der Waals surface area contributed by atoms with Gasteiger partial charge in [0, 0.05) is 52.0 Å². The van der Waals surface area contributed by atoms with E-state index in [0.717, 1.165) is 63.9 Å². The Hall–Kier alpha value is -2.21. The minimum Gasteiger partial charge on any atom is -0.497 e. The Kier molecular flexibility index (Phi) is 8.12. The summed E-state index contributed by atoms with van der Waals surface area (Å²) in [6.07, 6.45) is 2.94. The molecular formula is C19H31N5O. The van der Waals surface area contributed by atoms with Gasteiger partial charge in [-0.2, -0.15) is 0 Å². The van der Waals surface area contributed by atoms with Gasteiger partial charge in [-0.25, -0.2) is 0 Å². The van der Waals surface area contributed by atoms with Crippen molar-refractivity contribution in [1.29, 1.82) is 0 Å². The summed E-state index contributed by atoms with van der Waals surface area (Å²) in [5, 5.41) is 6.51. The first kappa shape index (κ1) is 19.1. The number of benzene rings is 1. The first-order chi connectivity index (χ1) is 12.3. The van der Waals surface area contributed by atoms with E-state index in [9.17, 15) is 0 Å². The van der Waals surface area contributed by atoms with Crippen molar-refractivity contribution >= 4 is 11.6 Å². The number of guanidine groups is 1. The Morgan fingerprint density at radius 1 is 1.20 bits per heavy atom. The van der Waals surface area contributed by atoms with Crippen LogP contribution in [-0.2, 0) is 0 Å². The molecule has 0 spiro atoms. The van der Waals surface area contributed by atoms with Gasteiger partial charge < -0.3 is 20.3 Å². The molecule has 1 aromatic rings. The number of hydrogen-bond acceptors (Lipinski definition) is 4. The fraction of sp³-hybridized carbons (Fsp3) is 0.526. The first-order valence-electron chi connectivity index (χ1n) is 8.93. The van der Waals surface area contributed by atoms with Gasteiger partial charge in [0.25, 0.3) is 0 Å². The van der Waals surface area contributed by atoms with Crippen LogP contribution >= 0.6 is 0 Å². The van der Waals surface area contributed by atoms with E-state index in [2.05, 4.69) is 44.1 Å². The predicted molar refractivity (Wildman–Crippen MR) is 106 cm³/mol. The Morgan fingerprint density at radius 2 is 1.92 bits per heavy atom. The van der Waals surface area contributed by atoms with E-state index in [1.807, 2.05) is 18.2 Å². The highest BCUT2D eigenvalue weighted by Crippen LogP contribution is 2.20. The second kappa shape index (κ2) is 10.6. The Morgan fingerprint density at radius 3 is 2.52 bits per heavy atom. The van der Waals surface area contributed by atoms with Crippen LogP contribution in [0, 0.1) is 0 Å². The zero-order chi connectivity index (χ0) is 17.9. The van der Waals surface area contributed by atoms with Crippen LogP contribution in [0.2, 0.25) is 0 Å². The zero-order valence-electron chi connectivity index (χ0n) is 15.5. The van der Waals surface area contributed by atoms with Crippen molar-refractivity contribution < 1.29 is 4.74 Å². The van der Waals surface area contributed by atoms with Crippen molar-refractivity contribution in [3.63, 3.8) is 0 Å². The van der Waals surface area contributed by atoms with Crippen molar-refractivity contribution in [2.75, 3.05) is 64.9 Å². The maximum absolute atomic E-state index is 5.22. The standard InChI is InChI=1S/C19H31N5O/c1-4-10-21-19(20-2)22-11-5-12-23-13-15-24(16-14-23)17-6-8-18(25-3)9-7-17/h4,6-9H,1,5,10-16H2,2-3H3,(H2,20,21,22). The third kappa shape index (κ3) is 6.31. The topological polar surface area (TPSA) is 52.1 Å². The molecule has 0 amide bonds. The number of rotatable bonds is 8. The van der Waals surface area contributed by atoms with E-state index in [-0.39, 0.29) is 0 Å². The van der Waals surface area contributed by atoms with E-state index < -0.39 is 0 Å². The van der Waals surface area contributed by atoms with Crippen LogP contribution in [0.5, 0.6) is 5.75 Å². The summed E-state index contributed by atoms with van der Waals surface area (Å²) in [6.45, 7) is 10.8. The van der Waals surface area contributed by atoms with E-state index in [0.29, 0.717) is 0 Å². The highest BCUT2D eigenvalue weighted by Gasteiger charge is 2.16. The molecule has 1 heterocycles. The number of ether oxygens (including phenoxy) is 1. The average Bonchev–Trinajstić information content (AvgIpc) is 2.68. The highest BCUT2D eigenvalue weighted by atomic mass is 16.5. The Bertz CT molecular complexity index is 535. The number of hydrogen-bond donors (Lipinski definition) is 2. The third-order valence-corrected chi connectivity index (χ3v) is 4.39. The normalized spacial score (nSPS) is 15.8. The van der Waals surface area contributed by atoms with Gasteiger partial charge in [0.05, 0.1) is 7.11 Å². The summed E-state index contributed by atoms with van der Waals surface area (Å²) in [5.74, 6) is 1.75. The van der Waals surface area contributed by atoms with Crippen LogP contribution in [0.1, 0.15) is 6.42 Å². The maximum Gasteiger partial charge on any atom is 0.191 e. The average molecular weight is 345 g/mol. The lowest BCUT2D eigenvalue weighted by Crippen LogP contribution is -2.47. The van der Waals surface area contributed by atoms with Gasteiger partial charge in [0.2, 0.25) is 0 Å². The van der Waals surface area contributed by atoms with Crippen molar-refractivity contribution in [3.8, 4) is 5.75 Å². The summed E-state index contributed by atoms with van der Waals surface area (Å²) < 4.78 is 5.22. The van der Waals surface area contributed by atoms with Crippen LogP contribution < -0.4 is 20.3 Å². The van der Waals surface area contributed by atoms with Crippen molar-refractivity contribution in [1.82, 2.24) is 15.5 Å². The SMILES string of the molecule is C=CCNC(=NC)NCCCN1CCN(c2ccc(OC)cc2)CC1. The second-order valence-corrected chi connectivity index (χ2v) is 6.05. The third-order valence-electron chi connectivity index (χ3n) is 4.39.